The second kappa shape index (κ2) is 5.35. The van der Waals surface area contributed by atoms with Crippen molar-refractivity contribution in [2.24, 2.45) is 10.9 Å². The maximum atomic E-state index is 4.64. The van der Waals surface area contributed by atoms with Gasteiger partial charge in [0, 0.05) is 6.04 Å². The van der Waals surface area contributed by atoms with Gasteiger partial charge in [0.25, 0.3) is 0 Å². The van der Waals surface area contributed by atoms with Crippen molar-refractivity contribution in [2.75, 3.05) is 6.54 Å². The van der Waals surface area contributed by atoms with E-state index in [4.69, 9.17) is 0 Å². The fraction of sp³-hybridized carbons (Fsp3) is 0.533. The molecule has 0 spiro atoms. The Bertz CT molecular complexity index is 425. The van der Waals surface area contributed by atoms with Crippen molar-refractivity contribution in [2.45, 2.75) is 37.5 Å². The molecule has 1 saturated carbocycles. The van der Waals surface area contributed by atoms with Crippen LogP contribution in [0.3, 0.4) is 0 Å². The lowest BCUT2D eigenvalue weighted by Gasteiger charge is -2.32. The van der Waals surface area contributed by atoms with E-state index in [2.05, 4.69) is 47.6 Å². The van der Waals surface area contributed by atoms with Gasteiger partial charge in [-0.1, -0.05) is 48.5 Å². The monoisotopic (exact) mass is 260 g/mol. The highest BCUT2D eigenvalue weighted by molar-refractivity contribution is 8.14. The molecule has 1 fully saturated rings. The Labute approximate surface area is 113 Å². The van der Waals surface area contributed by atoms with Crippen LogP contribution in [0, 0.1) is 5.92 Å². The van der Waals surface area contributed by atoms with E-state index in [9.17, 15) is 0 Å². The van der Waals surface area contributed by atoms with Crippen molar-refractivity contribution in [1.82, 2.24) is 5.32 Å². The Hall–Kier alpha value is -0.960. The van der Waals surface area contributed by atoms with Crippen molar-refractivity contribution in [3.05, 3.63) is 35.9 Å². The lowest BCUT2D eigenvalue weighted by Crippen LogP contribution is -2.39. The van der Waals surface area contributed by atoms with Crippen LogP contribution < -0.4 is 5.32 Å². The number of benzene rings is 1. The highest BCUT2D eigenvalue weighted by atomic mass is 32.2. The van der Waals surface area contributed by atoms with Crippen LogP contribution in [0.15, 0.2) is 35.3 Å². The fourth-order valence-corrected chi connectivity index (χ4v) is 3.66. The van der Waals surface area contributed by atoms with E-state index in [-0.39, 0.29) is 0 Å². The third-order valence-electron chi connectivity index (χ3n) is 4.03. The van der Waals surface area contributed by atoms with Crippen LogP contribution in [-0.4, -0.2) is 17.8 Å². The van der Waals surface area contributed by atoms with Gasteiger partial charge in [-0.05, 0) is 31.2 Å². The van der Waals surface area contributed by atoms with Crippen LogP contribution in [0.1, 0.15) is 37.0 Å². The van der Waals surface area contributed by atoms with E-state index in [0.717, 1.165) is 17.6 Å². The average Bonchev–Trinajstić information content (AvgIpc) is 2.76. The van der Waals surface area contributed by atoms with Crippen LogP contribution in [0.5, 0.6) is 0 Å². The third-order valence-corrected chi connectivity index (χ3v) is 5.21. The summed E-state index contributed by atoms with van der Waals surface area (Å²) in [4.78, 5) is 4.64. The molecule has 1 aliphatic carbocycles. The molecular weight excluding hydrogens is 240 g/mol. The summed E-state index contributed by atoms with van der Waals surface area (Å²) in [7, 11) is 0. The second-order valence-corrected chi connectivity index (χ2v) is 6.48. The molecule has 0 bridgehead atoms. The van der Waals surface area contributed by atoms with Crippen molar-refractivity contribution >= 4 is 16.9 Å². The average molecular weight is 260 g/mol. The summed E-state index contributed by atoms with van der Waals surface area (Å²) in [5, 5.41) is 5.24. The normalized spacial score (nSPS) is 25.4. The predicted octanol–water partition coefficient (Wildman–Crippen LogP) is 3.61. The Balaban J connectivity index is 1.54. The zero-order valence-corrected chi connectivity index (χ0v) is 11.6. The summed E-state index contributed by atoms with van der Waals surface area (Å²) in [5.74, 6) is 0.865. The van der Waals surface area contributed by atoms with E-state index in [0.29, 0.717) is 11.3 Å². The molecule has 0 radical (unpaired) electrons. The second-order valence-electron chi connectivity index (χ2n) is 5.29. The zero-order chi connectivity index (χ0) is 12.4. The molecular formula is C15H20N2S. The number of hydrogen-bond donors (Lipinski definition) is 1. The Morgan fingerprint density at radius 2 is 2.06 bits per heavy atom. The van der Waals surface area contributed by atoms with Gasteiger partial charge in [-0.15, -0.1) is 0 Å². The molecule has 0 amide bonds. The molecule has 2 atom stereocenters. The predicted molar refractivity (Wildman–Crippen MR) is 79.0 cm³/mol. The topological polar surface area (TPSA) is 24.4 Å². The quantitative estimate of drug-likeness (QED) is 0.898. The number of rotatable bonds is 3. The Morgan fingerprint density at radius 3 is 2.72 bits per heavy atom. The van der Waals surface area contributed by atoms with Gasteiger partial charge in [-0.3, -0.25) is 4.99 Å². The first kappa shape index (κ1) is 12.1. The standard InChI is InChI=1S/C15H20N2S/c1-11(12-8-5-9-12)17-15-16-10-14(18-15)13-6-3-2-4-7-13/h2-4,6-7,11-12,14H,5,8-10H2,1H3,(H,16,17). The van der Waals surface area contributed by atoms with Crippen LogP contribution in [0.4, 0.5) is 0 Å². The van der Waals surface area contributed by atoms with Gasteiger partial charge in [0.15, 0.2) is 5.17 Å². The van der Waals surface area contributed by atoms with Gasteiger partial charge in [0.05, 0.1) is 11.8 Å². The molecule has 1 aliphatic heterocycles. The number of amidine groups is 1. The van der Waals surface area contributed by atoms with E-state index in [1.165, 1.54) is 24.8 Å². The summed E-state index contributed by atoms with van der Waals surface area (Å²) < 4.78 is 0. The molecule has 18 heavy (non-hydrogen) atoms. The van der Waals surface area contributed by atoms with Gasteiger partial charge in [-0.2, -0.15) is 0 Å². The van der Waals surface area contributed by atoms with Gasteiger partial charge in [0.1, 0.15) is 0 Å². The fourth-order valence-electron chi connectivity index (χ4n) is 2.55. The molecule has 2 unspecified atom stereocenters. The van der Waals surface area contributed by atoms with Crippen LogP contribution in [0.25, 0.3) is 0 Å². The summed E-state index contributed by atoms with van der Waals surface area (Å²) >= 11 is 1.88. The number of aliphatic imine (C=N–C) groups is 1. The number of hydrogen-bond acceptors (Lipinski definition) is 3. The Kier molecular flexibility index (Phi) is 3.59. The minimum Gasteiger partial charge on any atom is -0.362 e. The highest BCUT2D eigenvalue weighted by Crippen LogP contribution is 2.35. The third kappa shape index (κ3) is 2.56. The molecule has 3 rings (SSSR count). The summed E-state index contributed by atoms with van der Waals surface area (Å²) in [6.07, 6.45) is 4.17. The molecule has 1 heterocycles. The molecule has 0 aromatic heterocycles. The summed E-state index contributed by atoms with van der Waals surface area (Å²) in [6.45, 7) is 3.21. The molecule has 0 saturated heterocycles. The van der Waals surface area contributed by atoms with Gasteiger partial charge in [-0.25, -0.2) is 0 Å². The highest BCUT2D eigenvalue weighted by Gasteiger charge is 2.27. The minimum atomic E-state index is 0.502. The van der Waals surface area contributed by atoms with E-state index in [1.54, 1.807) is 0 Å². The molecule has 1 aromatic rings. The van der Waals surface area contributed by atoms with Crippen molar-refractivity contribution < 1.29 is 0 Å². The summed E-state index contributed by atoms with van der Waals surface area (Å²) in [5.41, 5.74) is 1.39. The van der Waals surface area contributed by atoms with Gasteiger partial charge in [0.2, 0.25) is 0 Å². The zero-order valence-electron chi connectivity index (χ0n) is 10.8. The number of nitrogens with one attached hydrogen (secondary N) is 1. The molecule has 2 aliphatic rings. The number of thioether (sulfide) groups is 1. The molecule has 1 N–H and O–H groups in total. The SMILES string of the molecule is CC(NC1=NCC(c2ccccc2)S1)C1CCC1. The minimum absolute atomic E-state index is 0.502. The van der Waals surface area contributed by atoms with Crippen molar-refractivity contribution in [1.29, 1.82) is 0 Å². The first-order valence-electron chi connectivity index (χ1n) is 6.85. The molecule has 2 nitrogen and oxygen atoms in total. The first-order chi connectivity index (χ1) is 8.83. The Morgan fingerprint density at radius 1 is 1.28 bits per heavy atom. The lowest BCUT2D eigenvalue weighted by atomic mass is 9.80. The van der Waals surface area contributed by atoms with E-state index >= 15 is 0 Å². The van der Waals surface area contributed by atoms with E-state index in [1.807, 2.05) is 11.8 Å². The molecule has 3 heteroatoms. The van der Waals surface area contributed by atoms with Crippen LogP contribution >= 0.6 is 11.8 Å². The van der Waals surface area contributed by atoms with Crippen LogP contribution in [-0.2, 0) is 0 Å². The smallest absolute Gasteiger partial charge is 0.157 e. The molecule has 96 valence electrons. The maximum Gasteiger partial charge on any atom is 0.157 e. The van der Waals surface area contributed by atoms with Crippen molar-refractivity contribution in [3.8, 4) is 0 Å². The summed E-state index contributed by atoms with van der Waals surface area (Å²) in [6, 6.07) is 11.3. The van der Waals surface area contributed by atoms with Crippen LogP contribution in [0.2, 0.25) is 0 Å². The van der Waals surface area contributed by atoms with E-state index < -0.39 is 0 Å². The number of nitrogens with zero attached hydrogens (tertiary/aromatic N) is 1. The maximum absolute atomic E-state index is 4.64. The molecule has 1 aromatic carbocycles. The van der Waals surface area contributed by atoms with Gasteiger partial charge >= 0.3 is 0 Å². The largest absolute Gasteiger partial charge is 0.362 e. The first-order valence-corrected chi connectivity index (χ1v) is 7.73. The van der Waals surface area contributed by atoms with Gasteiger partial charge < -0.3 is 5.32 Å². The lowest BCUT2D eigenvalue weighted by molar-refractivity contribution is 0.259. The van der Waals surface area contributed by atoms with Crippen molar-refractivity contribution in [3.63, 3.8) is 0 Å².